The molecule has 1 fully saturated rings. The molecule has 0 aromatic heterocycles. The summed E-state index contributed by atoms with van der Waals surface area (Å²) in [6, 6.07) is 10.2. The van der Waals surface area contributed by atoms with Crippen molar-refractivity contribution >= 4 is 17.3 Å². The van der Waals surface area contributed by atoms with Crippen molar-refractivity contribution in [2.24, 2.45) is 0 Å². The van der Waals surface area contributed by atoms with Gasteiger partial charge in [-0.3, -0.25) is 9.69 Å². The van der Waals surface area contributed by atoms with E-state index in [1.807, 2.05) is 6.07 Å². The van der Waals surface area contributed by atoms with E-state index in [2.05, 4.69) is 40.2 Å². The number of rotatable bonds is 5. The van der Waals surface area contributed by atoms with Crippen LogP contribution in [-0.2, 0) is 4.79 Å². The van der Waals surface area contributed by atoms with Crippen molar-refractivity contribution in [2.45, 2.75) is 13.3 Å². The van der Waals surface area contributed by atoms with Gasteiger partial charge in [-0.1, -0.05) is 12.1 Å². The van der Waals surface area contributed by atoms with Gasteiger partial charge in [-0.25, -0.2) is 13.2 Å². The van der Waals surface area contributed by atoms with Crippen LogP contribution in [0.25, 0.3) is 0 Å². The molecule has 2 aromatic rings. The first kappa shape index (κ1) is 19.2. The highest BCUT2D eigenvalue weighted by molar-refractivity contribution is 5.90. The van der Waals surface area contributed by atoms with Gasteiger partial charge in [0.1, 0.15) is 0 Å². The molecule has 144 valence electrons. The van der Waals surface area contributed by atoms with Crippen LogP contribution >= 0.6 is 0 Å². The number of hydrogen-bond acceptors (Lipinski definition) is 3. The van der Waals surface area contributed by atoms with Gasteiger partial charge in [0.2, 0.25) is 5.91 Å². The molecule has 0 bridgehead atoms. The predicted octanol–water partition coefficient (Wildman–Crippen LogP) is 3.56. The molecule has 1 aliphatic heterocycles. The fraction of sp³-hybridized carbons (Fsp3) is 0.350. The Bertz CT molecular complexity index is 820. The van der Waals surface area contributed by atoms with E-state index in [-0.39, 0.29) is 12.1 Å². The molecule has 4 nitrogen and oxygen atoms in total. The number of aryl methyl sites for hydroxylation is 1. The summed E-state index contributed by atoms with van der Waals surface area (Å²) < 4.78 is 39.7. The molecule has 27 heavy (non-hydrogen) atoms. The number of hydrogen-bond donors (Lipinski definition) is 1. The zero-order chi connectivity index (χ0) is 19.4. The molecule has 3 rings (SSSR count). The zero-order valence-electron chi connectivity index (χ0n) is 15.1. The van der Waals surface area contributed by atoms with E-state index in [1.54, 1.807) is 0 Å². The van der Waals surface area contributed by atoms with Crippen molar-refractivity contribution in [3.63, 3.8) is 0 Å². The van der Waals surface area contributed by atoms with Gasteiger partial charge in [0.15, 0.2) is 17.5 Å². The predicted molar refractivity (Wildman–Crippen MR) is 99.4 cm³/mol. The van der Waals surface area contributed by atoms with Crippen molar-refractivity contribution in [2.75, 3.05) is 42.9 Å². The molecule has 0 spiro atoms. The average molecular weight is 377 g/mol. The zero-order valence-corrected chi connectivity index (χ0v) is 15.1. The number of benzene rings is 2. The number of carbonyl (C=O) groups excluding carboxylic acids is 1. The molecule has 1 aliphatic rings. The Balaban J connectivity index is 1.46. The van der Waals surface area contributed by atoms with Gasteiger partial charge in [-0.05, 0) is 36.8 Å². The molecular formula is C20H22F3N3O. The van der Waals surface area contributed by atoms with Gasteiger partial charge in [0.25, 0.3) is 0 Å². The second-order valence-electron chi connectivity index (χ2n) is 6.69. The first-order chi connectivity index (χ1) is 12.9. The summed E-state index contributed by atoms with van der Waals surface area (Å²) in [5.41, 5.74) is 2.07. The van der Waals surface area contributed by atoms with E-state index >= 15 is 0 Å². The minimum atomic E-state index is -1.58. The third kappa shape index (κ3) is 4.80. The van der Waals surface area contributed by atoms with E-state index in [1.165, 1.54) is 11.3 Å². The molecule has 0 aliphatic carbocycles. The molecular weight excluding hydrogens is 355 g/mol. The molecule has 0 radical (unpaired) electrons. The lowest BCUT2D eigenvalue weighted by Crippen LogP contribution is -2.47. The smallest absolute Gasteiger partial charge is 0.225 e. The van der Waals surface area contributed by atoms with Crippen LogP contribution in [0.3, 0.4) is 0 Å². The molecule has 1 saturated heterocycles. The van der Waals surface area contributed by atoms with Crippen molar-refractivity contribution in [3.8, 4) is 0 Å². The number of nitrogens with zero attached hydrogens (tertiary/aromatic N) is 2. The highest BCUT2D eigenvalue weighted by Gasteiger charge is 2.19. The van der Waals surface area contributed by atoms with Crippen LogP contribution in [0, 0.1) is 24.4 Å². The van der Waals surface area contributed by atoms with Crippen LogP contribution in [-0.4, -0.2) is 43.5 Å². The summed E-state index contributed by atoms with van der Waals surface area (Å²) in [7, 11) is 0. The first-order valence-corrected chi connectivity index (χ1v) is 8.91. The van der Waals surface area contributed by atoms with Crippen LogP contribution < -0.4 is 10.2 Å². The van der Waals surface area contributed by atoms with E-state index in [4.69, 9.17) is 0 Å². The number of nitrogens with one attached hydrogen (secondary N) is 1. The number of halogens is 3. The average Bonchev–Trinajstić information content (AvgIpc) is 2.67. The number of amides is 1. The maximum atomic E-state index is 13.6. The maximum absolute atomic E-state index is 13.6. The summed E-state index contributed by atoms with van der Waals surface area (Å²) in [5.74, 6) is -4.67. The summed E-state index contributed by atoms with van der Waals surface area (Å²) >= 11 is 0. The molecule has 2 aromatic carbocycles. The number of carbonyl (C=O) groups is 1. The van der Waals surface area contributed by atoms with Crippen molar-refractivity contribution in [3.05, 3.63) is 59.4 Å². The Morgan fingerprint density at radius 1 is 1.04 bits per heavy atom. The third-order valence-electron chi connectivity index (χ3n) is 4.70. The normalized spacial score (nSPS) is 15.0. The number of piperazine rings is 1. The second kappa shape index (κ2) is 8.43. The van der Waals surface area contributed by atoms with E-state index in [9.17, 15) is 18.0 Å². The van der Waals surface area contributed by atoms with E-state index in [0.29, 0.717) is 6.54 Å². The molecule has 1 N–H and O–H groups in total. The minimum Gasteiger partial charge on any atom is -0.369 e. The fourth-order valence-electron chi connectivity index (χ4n) is 3.15. The summed E-state index contributed by atoms with van der Waals surface area (Å²) in [4.78, 5) is 16.5. The van der Waals surface area contributed by atoms with Crippen molar-refractivity contribution < 1.29 is 18.0 Å². The quantitative estimate of drug-likeness (QED) is 0.810. The van der Waals surface area contributed by atoms with Crippen LogP contribution in [0.4, 0.5) is 24.5 Å². The van der Waals surface area contributed by atoms with Gasteiger partial charge in [0.05, 0.1) is 5.69 Å². The van der Waals surface area contributed by atoms with Crippen LogP contribution in [0.2, 0.25) is 0 Å². The topological polar surface area (TPSA) is 35.6 Å². The third-order valence-corrected chi connectivity index (χ3v) is 4.70. The minimum absolute atomic E-state index is 0.156. The Labute approximate surface area is 156 Å². The standard InChI is InChI=1S/C20H22F3N3O/c1-14-3-2-4-15(13-14)26-11-9-25(10-12-26)8-7-18(27)24-17-6-5-16(21)19(22)20(17)23/h2-6,13H,7-12H2,1H3,(H,24,27). The van der Waals surface area contributed by atoms with Gasteiger partial charge >= 0.3 is 0 Å². The van der Waals surface area contributed by atoms with Gasteiger partial charge in [-0.15, -0.1) is 0 Å². The Kier molecular flexibility index (Phi) is 6.01. The highest BCUT2D eigenvalue weighted by atomic mass is 19.2. The SMILES string of the molecule is Cc1cccc(N2CCN(CCC(=O)Nc3ccc(F)c(F)c3F)CC2)c1. The maximum Gasteiger partial charge on any atom is 0.225 e. The molecule has 0 atom stereocenters. The Hall–Kier alpha value is -2.54. The lowest BCUT2D eigenvalue weighted by molar-refractivity contribution is -0.116. The summed E-state index contributed by atoms with van der Waals surface area (Å²) in [6.45, 7) is 5.96. The highest BCUT2D eigenvalue weighted by Crippen LogP contribution is 2.20. The van der Waals surface area contributed by atoms with Crippen molar-refractivity contribution in [1.82, 2.24) is 4.90 Å². The lowest BCUT2D eigenvalue weighted by atomic mass is 10.2. The second-order valence-corrected chi connectivity index (χ2v) is 6.69. The Morgan fingerprint density at radius 2 is 1.78 bits per heavy atom. The van der Waals surface area contributed by atoms with Crippen LogP contribution in [0.15, 0.2) is 36.4 Å². The monoisotopic (exact) mass is 377 g/mol. The van der Waals surface area contributed by atoms with Crippen LogP contribution in [0.5, 0.6) is 0 Å². The van der Waals surface area contributed by atoms with Crippen molar-refractivity contribution in [1.29, 1.82) is 0 Å². The molecule has 0 saturated carbocycles. The molecule has 1 heterocycles. The lowest BCUT2D eigenvalue weighted by Gasteiger charge is -2.36. The van der Waals surface area contributed by atoms with Crippen LogP contribution in [0.1, 0.15) is 12.0 Å². The van der Waals surface area contributed by atoms with Gasteiger partial charge in [-0.2, -0.15) is 0 Å². The fourth-order valence-corrected chi connectivity index (χ4v) is 3.15. The largest absolute Gasteiger partial charge is 0.369 e. The Morgan fingerprint density at radius 3 is 2.48 bits per heavy atom. The number of anilines is 2. The summed E-state index contributed by atoms with van der Waals surface area (Å²) in [6.07, 6.45) is 0.156. The van der Waals surface area contributed by atoms with Gasteiger partial charge in [0, 0.05) is 44.8 Å². The first-order valence-electron chi connectivity index (χ1n) is 8.91. The molecule has 1 amide bonds. The molecule has 0 unspecified atom stereocenters. The van der Waals surface area contributed by atoms with E-state index in [0.717, 1.165) is 38.3 Å². The van der Waals surface area contributed by atoms with E-state index < -0.39 is 23.4 Å². The van der Waals surface area contributed by atoms with Gasteiger partial charge < -0.3 is 10.2 Å². The molecule has 7 heteroatoms. The summed E-state index contributed by atoms with van der Waals surface area (Å²) in [5, 5.41) is 2.30.